The summed E-state index contributed by atoms with van der Waals surface area (Å²) in [6.07, 6.45) is 0.981. The van der Waals surface area contributed by atoms with E-state index in [-0.39, 0.29) is 20.2 Å². The van der Waals surface area contributed by atoms with Gasteiger partial charge >= 0.3 is 5.97 Å². The molecular weight excluding hydrogens is 561 g/mol. The lowest BCUT2D eigenvalue weighted by Gasteiger charge is -2.29. The fourth-order valence-electron chi connectivity index (χ4n) is 3.52. The van der Waals surface area contributed by atoms with Crippen molar-refractivity contribution >= 4 is 73.1 Å². The maximum Gasteiger partial charge on any atom is 0.326 e. The number of rotatable bonds is 5. The number of esters is 1. The molecule has 1 aliphatic heterocycles. The third kappa shape index (κ3) is 5.45. The van der Waals surface area contributed by atoms with E-state index in [1.54, 1.807) is 12.1 Å². The van der Waals surface area contributed by atoms with Gasteiger partial charge in [-0.25, -0.2) is 0 Å². The number of benzene rings is 1. The van der Waals surface area contributed by atoms with Crippen molar-refractivity contribution in [3.8, 4) is 0 Å². The molecule has 0 radical (unpaired) electrons. The fraction of sp³-hybridized carbons (Fsp3) is 0.421. The normalized spacial score (nSPS) is 25.1. The monoisotopic (exact) mass is 577 g/mol. The van der Waals surface area contributed by atoms with Crippen LogP contribution in [0.5, 0.6) is 0 Å². The number of carbonyl (C=O) groups excluding carboxylic acids is 5. The van der Waals surface area contributed by atoms with Crippen LogP contribution >= 0.6 is 43.5 Å². The molecule has 0 spiro atoms. The van der Waals surface area contributed by atoms with E-state index in [1.807, 2.05) is 0 Å². The zero-order valence-corrected chi connectivity index (χ0v) is 19.9. The Hall–Kier alpha value is -1.98. The van der Waals surface area contributed by atoms with Gasteiger partial charge in [0.25, 0.3) is 11.8 Å². The fourth-order valence-corrected chi connectivity index (χ4v) is 4.97. The molecule has 166 valence electrons. The van der Waals surface area contributed by atoms with Crippen LogP contribution in [0.3, 0.4) is 0 Å². The zero-order chi connectivity index (χ0) is 22.7. The van der Waals surface area contributed by atoms with E-state index in [0.29, 0.717) is 12.8 Å². The first-order chi connectivity index (χ1) is 14.7. The third-order valence-electron chi connectivity index (χ3n) is 5.09. The minimum absolute atomic E-state index is 0.0575. The molecule has 12 heteroatoms. The first kappa shape index (κ1) is 23.7. The average molecular weight is 580 g/mol. The number of hydrogen-bond acceptors (Lipinski definition) is 6. The van der Waals surface area contributed by atoms with E-state index < -0.39 is 54.6 Å². The predicted octanol–water partition coefficient (Wildman–Crippen LogP) is 1.57. The molecule has 0 aromatic heterocycles. The number of ether oxygens (including phenoxy) is 1. The highest BCUT2D eigenvalue weighted by Gasteiger charge is 2.52. The molecule has 2 N–H and O–H groups in total. The first-order valence-corrected chi connectivity index (χ1v) is 11.5. The summed E-state index contributed by atoms with van der Waals surface area (Å²) in [5, 5.41) is 0.207. The van der Waals surface area contributed by atoms with Crippen LogP contribution in [-0.4, -0.2) is 57.3 Å². The number of halogens is 3. The van der Waals surface area contributed by atoms with Gasteiger partial charge in [0.1, 0.15) is 6.54 Å². The Morgan fingerprint density at radius 1 is 1.03 bits per heavy atom. The largest absolute Gasteiger partial charge is 0.454 e. The van der Waals surface area contributed by atoms with Crippen molar-refractivity contribution in [1.29, 1.82) is 0 Å². The summed E-state index contributed by atoms with van der Waals surface area (Å²) in [6.45, 7) is -1.26. The number of alkyl halides is 2. The van der Waals surface area contributed by atoms with Gasteiger partial charge in [0.05, 0.1) is 22.4 Å². The molecule has 1 aliphatic carbocycles. The molecular formula is C19H18Br2ClN3O6. The number of nitrogens with zero attached hydrogens (tertiary/aromatic N) is 1. The van der Waals surface area contributed by atoms with Crippen molar-refractivity contribution in [2.75, 3.05) is 13.2 Å². The Morgan fingerprint density at radius 2 is 1.61 bits per heavy atom. The maximum absolute atomic E-state index is 12.5. The number of nitrogens with one attached hydrogen (secondary N) is 2. The van der Waals surface area contributed by atoms with Crippen LogP contribution in [0.4, 0.5) is 0 Å². The first-order valence-electron chi connectivity index (χ1n) is 9.31. The van der Waals surface area contributed by atoms with Gasteiger partial charge in [0.15, 0.2) is 6.61 Å². The second-order valence-corrected chi connectivity index (χ2v) is 9.88. The van der Waals surface area contributed by atoms with Crippen LogP contribution in [0.1, 0.15) is 23.2 Å². The highest BCUT2D eigenvalue weighted by Crippen LogP contribution is 2.43. The van der Waals surface area contributed by atoms with E-state index in [0.717, 1.165) is 4.90 Å². The highest BCUT2D eigenvalue weighted by atomic mass is 79.9. The second-order valence-electron chi connectivity index (χ2n) is 7.12. The van der Waals surface area contributed by atoms with Crippen LogP contribution in [-0.2, 0) is 23.9 Å². The van der Waals surface area contributed by atoms with Crippen LogP contribution in [0.15, 0.2) is 24.3 Å². The SMILES string of the molecule is O=C(COC(=O)CN1C(=O)[C@@H]2C[C@@H](Br)[C@@H](Br)C[C@H]2C1=O)NNC(=O)c1ccccc1Cl. The lowest BCUT2D eigenvalue weighted by atomic mass is 9.81. The van der Waals surface area contributed by atoms with Crippen molar-refractivity contribution in [3.63, 3.8) is 0 Å². The van der Waals surface area contributed by atoms with Crippen LogP contribution in [0, 0.1) is 11.8 Å². The average Bonchev–Trinajstić information content (AvgIpc) is 2.95. The Labute approximate surface area is 199 Å². The summed E-state index contributed by atoms with van der Waals surface area (Å²) in [6, 6.07) is 6.25. The van der Waals surface area contributed by atoms with Gasteiger partial charge in [-0.15, -0.1) is 0 Å². The molecule has 0 bridgehead atoms. The zero-order valence-electron chi connectivity index (χ0n) is 16.0. The number of hydrogen-bond donors (Lipinski definition) is 2. The Morgan fingerprint density at radius 3 is 2.19 bits per heavy atom. The summed E-state index contributed by atoms with van der Waals surface area (Å²) in [7, 11) is 0. The smallest absolute Gasteiger partial charge is 0.326 e. The molecule has 31 heavy (non-hydrogen) atoms. The number of imide groups is 1. The molecule has 1 aromatic rings. The van der Waals surface area contributed by atoms with Gasteiger partial charge in [-0.2, -0.15) is 0 Å². The molecule has 3 rings (SSSR count). The van der Waals surface area contributed by atoms with Gasteiger partial charge < -0.3 is 4.74 Å². The number of hydrazine groups is 1. The van der Waals surface area contributed by atoms with Crippen molar-refractivity contribution in [2.45, 2.75) is 22.5 Å². The molecule has 1 saturated carbocycles. The molecule has 1 saturated heterocycles. The lowest BCUT2D eigenvalue weighted by Crippen LogP contribution is -2.44. The van der Waals surface area contributed by atoms with E-state index >= 15 is 0 Å². The topological polar surface area (TPSA) is 122 Å². The van der Waals surface area contributed by atoms with Crippen molar-refractivity contribution in [3.05, 3.63) is 34.9 Å². The number of likely N-dealkylation sites (tertiary alicyclic amines) is 1. The standard InChI is InChI=1S/C19H18Br2ClN3O6/c20-12-5-10-11(6-13(12)21)19(30)25(18(10)29)7-16(27)31-8-15(26)23-24-17(28)9-3-1-2-4-14(9)22/h1-4,10-13H,5-8H2,(H,23,26)(H,24,28)/t10-,11-,12-,13+/m1/s1. The molecule has 4 atom stereocenters. The van der Waals surface area contributed by atoms with Crippen molar-refractivity contribution in [1.82, 2.24) is 15.8 Å². The van der Waals surface area contributed by atoms with Gasteiger partial charge in [0, 0.05) is 9.65 Å². The molecule has 4 amide bonds. The molecule has 1 aromatic carbocycles. The van der Waals surface area contributed by atoms with E-state index in [2.05, 4.69) is 42.7 Å². The Balaban J connectivity index is 1.45. The summed E-state index contributed by atoms with van der Waals surface area (Å²) < 4.78 is 4.83. The Bertz CT molecular complexity index is 902. The molecule has 1 heterocycles. The number of carbonyl (C=O) groups is 5. The Kier molecular flexibility index (Phi) is 7.71. The van der Waals surface area contributed by atoms with Gasteiger partial charge in [-0.1, -0.05) is 55.6 Å². The predicted molar refractivity (Wildman–Crippen MR) is 116 cm³/mol. The van der Waals surface area contributed by atoms with E-state index in [1.165, 1.54) is 12.1 Å². The molecule has 9 nitrogen and oxygen atoms in total. The van der Waals surface area contributed by atoms with E-state index in [4.69, 9.17) is 16.3 Å². The second kappa shape index (κ2) is 10.1. The molecule has 0 unspecified atom stereocenters. The van der Waals surface area contributed by atoms with Crippen molar-refractivity contribution in [2.24, 2.45) is 11.8 Å². The lowest BCUT2D eigenvalue weighted by molar-refractivity contribution is -0.155. The third-order valence-corrected chi connectivity index (χ3v) is 8.15. The molecule has 2 aliphatic rings. The van der Waals surface area contributed by atoms with Crippen LogP contribution in [0.2, 0.25) is 5.02 Å². The summed E-state index contributed by atoms with van der Waals surface area (Å²) in [5.74, 6) is -4.11. The van der Waals surface area contributed by atoms with Crippen molar-refractivity contribution < 1.29 is 28.7 Å². The quantitative estimate of drug-likeness (QED) is 0.237. The van der Waals surface area contributed by atoms with Crippen LogP contribution in [0.25, 0.3) is 0 Å². The maximum atomic E-state index is 12.5. The summed E-state index contributed by atoms with van der Waals surface area (Å²) >= 11 is 12.9. The minimum atomic E-state index is -0.904. The summed E-state index contributed by atoms with van der Waals surface area (Å²) in [5.41, 5.74) is 4.40. The van der Waals surface area contributed by atoms with Crippen LogP contribution < -0.4 is 10.9 Å². The van der Waals surface area contributed by atoms with Gasteiger partial charge in [-0.3, -0.25) is 39.7 Å². The highest BCUT2D eigenvalue weighted by molar-refractivity contribution is 9.12. The minimum Gasteiger partial charge on any atom is -0.454 e. The van der Waals surface area contributed by atoms with E-state index in [9.17, 15) is 24.0 Å². The van der Waals surface area contributed by atoms with Gasteiger partial charge in [-0.05, 0) is 25.0 Å². The number of fused-ring (bicyclic) bond motifs is 1. The number of amides is 4. The molecule has 2 fully saturated rings. The van der Waals surface area contributed by atoms with Gasteiger partial charge in [0.2, 0.25) is 11.8 Å². The summed E-state index contributed by atoms with van der Waals surface area (Å²) in [4.78, 5) is 61.9.